The van der Waals surface area contributed by atoms with Gasteiger partial charge >= 0.3 is 25.7 Å². The third-order valence-electron chi connectivity index (χ3n) is 1.10. The van der Waals surface area contributed by atoms with Gasteiger partial charge in [-0.1, -0.05) is 24.3 Å². The fourth-order valence-corrected chi connectivity index (χ4v) is 0.496. The predicted octanol–water partition coefficient (Wildman–Crippen LogP) is 1.65. The van der Waals surface area contributed by atoms with Crippen LogP contribution in [0.4, 0.5) is 0 Å². The van der Waals surface area contributed by atoms with Gasteiger partial charge in [0.25, 0.3) is 0 Å². The van der Waals surface area contributed by atoms with Crippen LogP contribution in [0.2, 0.25) is 0 Å². The molecule has 0 aromatic rings. The second kappa shape index (κ2) is 5.92. The Morgan fingerprint density at radius 3 is 2.11 bits per heavy atom. The van der Waals surface area contributed by atoms with Crippen molar-refractivity contribution in [2.45, 2.75) is 12.8 Å². The molecule has 9 heavy (non-hydrogen) atoms. The summed E-state index contributed by atoms with van der Waals surface area (Å²) in [5.41, 5.74) is 1.41. The minimum atomic E-state index is -2.00. The van der Waals surface area contributed by atoms with Gasteiger partial charge in [-0.15, -0.1) is 0 Å². The van der Waals surface area contributed by atoms with Crippen molar-refractivity contribution in [1.82, 2.24) is 0 Å². The molecule has 0 aromatic carbocycles. The van der Waals surface area contributed by atoms with E-state index in [9.17, 15) is 0 Å². The van der Waals surface area contributed by atoms with Crippen molar-refractivity contribution in [1.29, 1.82) is 0 Å². The fourth-order valence-electron chi connectivity index (χ4n) is 0.496. The molecule has 0 fully saturated rings. The minimum absolute atomic E-state index is 1.25. The average molecular weight is 160 g/mol. The number of rotatable bonds is 1. The summed E-state index contributed by atoms with van der Waals surface area (Å²) < 4.78 is 17.0. The summed E-state index contributed by atoms with van der Waals surface area (Å²) in [5.74, 6) is 0. The van der Waals surface area contributed by atoms with E-state index in [1.165, 1.54) is 18.4 Å². The maximum atomic E-state index is 8.50. The van der Waals surface area contributed by atoms with Crippen LogP contribution < -0.4 is 0 Å². The molecule has 1 aliphatic rings. The van der Waals surface area contributed by atoms with Crippen LogP contribution in [0.15, 0.2) is 24.3 Å². The quantitative estimate of drug-likeness (QED) is 0.546. The third-order valence-corrected chi connectivity index (χ3v) is 1.10. The van der Waals surface area contributed by atoms with E-state index >= 15 is 0 Å². The molecule has 0 spiro atoms. The second-order valence-corrected chi connectivity index (χ2v) is 1.87. The topological polar surface area (TPSA) is 34.1 Å². The van der Waals surface area contributed by atoms with Crippen LogP contribution in [0.25, 0.3) is 0 Å². The molecular formula is C6H8O2Ti. The van der Waals surface area contributed by atoms with Gasteiger partial charge in [-0.25, -0.2) is 0 Å². The Labute approximate surface area is 63.2 Å². The van der Waals surface area contributed by atoms with Gasteiger partial charge in [0.1, 0.15) is 0 Å². The summed E-state index contributed by atoms with van der Waals surface area (Å²) in [6.07, 6.45) is 6.64. The summed E-state index contributed by atoms with van der Waals surface area (Å²) in [4.78, 5) is 0. The Kier molecular flexibility index (Phi) is 5.79. The van der Waals surface area contributed by atoms with Gasteiger partial charge in [0.05, 0.1) is 0 Å². The van der Waals surface area contributed by atoms with Crippen LogP contribution >= 0.6 is 0 Å². The second-order valence-electron chi connectivity index (χ2n) is 1.61. The molecule has 0 heterocycles. The van der Waals surface area contributed by atoms with Crippen molar-refractivity contribution < 1.29 is 25.7 Å². The van der Waals surface area contributed by atoms with Gasteiger partial charge < -0.3 is 0 Å². The van der Waals surface area contributed by atoms with E-state index in [0.717, 1.165) is 0 Å². The van der Waals surface area contributed by atoms with E-state index in [2.05, 4.69) is 12.7 Å². The Morgan fingerprint density at radius 1 is 1.67 bits per heavy atom. The Bertz CT molecular complexity index is 154. The van der Waals surface area contributed by atoms with Crippen LogP contribution in [0, 0.1) is 0 Å². The van der Waals surface area contributed by atoms with Crippen molar-refractivity contribution in [2.24, 2.45) is 0 Å². The van der Waals surface area contributed by atoms with Crippen molar-refractivity contribution in [2.75, 3.05) is 0 Å². The molecule has 0 radical (unpaired) electrons. The van der Waals surface area contributed by atoms with Crippen molar-refractivity contribution in [3.05, 3.63) is 24.3 Å². The van der Waals surface area contributed by atoms with Crippen LogP contribution in [0.5, 0.6) is 0 Å². The standard InChI is InChI=1S/C6H8.2O.Ti/c1-2-6-4-3-5-6;;;/h2,4H,1,3,5H2;;;. The monoisotopic (exact) mass is 160 g/mol. The molecule has 0 amide bonds. The molecule has 2 nitrogen and oxygen atoms in total. The van der Waals surface area contributed by atoms with Gasteiger partial charge in [-0.05, 0) is 12.8 Å². The van der Waals surface area contributed by atoms with Gasteiger partial charge in [-0.3, -0.25) is 0 Å². The fraction of sp³-hybridized carbons (Fsp3) is 0.333. The molecule has 0 saturated carbocycles. The van der Waals surface area contributed by atoms with E-state index in [1.807, 2.05) is 6.08 Å². The van der Waals surface area contributed by atoms with E-state index in [1.54, 1.807) is 0 Å². The predicted molar refractivity (Wildman–Crippen MR) is 28.9 cm³/mol. The number of hydrogen-bond acceptors (Lipinski definition) is 2. The first-order valence-corrected chi connectivity index (χ1v) is 3.93. The zero-order valence-electron chi connectivity index (χ0n) is 5.09. The Morgan fingerprint density at radius 2 is 2.11 bits per heavy atom. The summed E-state index contributed by atoms with van der Waals surface area (Å²) >= 11 is -2.00. The van der Waals surface area contributed by atoms with Gasteiger partial charge in [0, 0.05) is 0 Å². The van der Waals surface area contributed by atoms with E-state index in [4.69, 9.17) is 6.65 Å². The SMILES string of the molecule is C=CC1=CCC1.[O]=[Ti]=[O]. The van der Waals surface area contributed by atoms with Gasteiger partial charge in [-0.2, -0.15) is 0 Å². The van der Waals surface area contributed by atoms with E-state index in [0.29, 0.717) is 0 Å². The summed E-state index contributed by atoms with van der Waals surface area (Å²) in [6, 6.07) is 0. The molecule has 48 valence electrons. The normalized spacial score (nSPS) is 13.1. The number of hydrogen-bond donors (Lipinski definition) is 0. The van der Waals surface area contributed by atoms with Crippen LogP contribution in [-0.4, -0.2) is 0 Å². The van der Waals surface area contributed by atoms with Crippen LogP contribution in [0.3, 0.4) is 0 Å². The van der Waals surface area contributed by atoms with Crippen LogP contribution in [0.1, 0.15) is 12.8 Å². The van der Waals surface area contributed by atoms with Crippen molar-refractivity contribution in [3.63, 3.8) is 0 Å². The molecule has 0 unspecified atom stereocenters. The summed E-state index contributed by atoms with van der Waals surface area (Å²) in [7, 11) is 0. The van der Waals surface area contributed by atoms with Crippen LogP contribution in [-0.2, 0) is 25.7 Å². The molecule has 1 rings (SSSR count). The first-order valence-electron chi connectivity index (χ1n) is 2.66. The van der Waals surface area contributed by atoms with E-state index < -0.39 is 19.1 Å². The van der Waals surface area contributed by atoms with Crippen molar-refractivity contribution >= 4 is 0 Å². The van der Waals surface area contributed by atoms with Gasteiger partial charge in [0.15, 0.2) is 0 Å². The summed E-state index contributed by atoms with van der Waals surface area (Å²) in [6.45, 7) is 3.61. The first kappa shape index (κ1) is 8.79. The molecule has 0 N–H and O–H groups in total. The molecule has 0 bridgehead atoms. The molecule has 0 saturated heterocycles. The number of allylic oxidation sites excluding steroid dienone is 3. The maximum absolute atomic E-state index is 8.50. The Balaban J connectivity index is 0.000000187. The molecule has 0 aromatic heterocycles. The Hall–Kier alpha value is -0.206. The summed E-state index contributed by atoms with van der Waals surface area (Å²) in [5, 5.41) is 0. The zero-order valence-corrected chi connectivity index (χ0v) is 6.65. The molecule has 0 atom stereocenters. The molecule has 1 aliphatic carbocycles. The first-order chi connectivity index (χ1) is 4.35. The van der Waals surface area contributed by atoms with Gasteiger partial charge in [0.2, 0.25) is 0 Å². The third kappa shape index (κ3) is 4.31. The average Bonchev–Trinajstić information content (AvgIpc) is 1.64. The molecule has 0 aliphatic heterocycles. The molecular weight excluding hydrogens is 152 g/mol. The molecule has 3 heteroatoms. The van der Waals surface area contributed by atoms with E-state index in [-0.39, 0.29) is 0 Å². The van der Waals surface area contributed by atoms with Crippen molar-refractivity contribution in [3.8, 4) is 0 Å². The zero-order chi connectivity index (χ0) is 7.11.